The number of benzene rings is 1. The molecule has 1 saturated carbocycles. The monoisotopic (exact) mass is 352 g/mol. The van der Waals surface area contributed by atoms with E-state index in [4.69, 9.17) is 5.73 Å². The van der Waals surface area contributed by atoms with Crippen molar-refractivity contribution >= 4 is 17.1 Å². The summed E-state index contributed by atoms with van der Waals surface area (Å²) >= 11 is 0. The van der Waals surface area contributed by atoms with Gasteiger partial charge in [0.05, 0.1) is 29.0 Å². The van der Waals surface area contributed by atoms with Crippen molar-refractivity contribution in [3.8, 4) is 11.1 Å². The highest BCUT2D eigenvalue weighted by Crippen LogP contribution is 2.32. The lowest BCUT2D eigenvalue weighted by atomic mass is 10.1. The summed E-state index contributed by atoms with van der Waals surface area (Å²) in [6.07, 6.45) is 4.54. The molecular formula is C20H21FN4O. The summed E-state index contributed by atoms with van der Waals surface area (Å²) in [6, 6.07) is 9.80. The van der Waals surface area contributed by atoms with E-state index >= 15 is 0 Å². The van der Waals surface area contributed by atoms with Crippen LogP contribution < -0.4 is 11.1 Å². The Morgan fingerprint density at radius 1 is 1.31 bits per heavy atom. The molecule has 4 rings (SSSR count). The van der Waals surface area contributed by atoms with Gasteiger partial charge in [-0.05, 0) is 37.8 Å². The van der Waals surface area contributed by atoms with Gasteiger partial charge in [0.15, 0.2) is 0 Å². The van der Waals surface area contributed by atoms with Crippen LogP contribution in [0.25, 0.3) is 16.6 Å². The van der Waals surface area contributed by atoms with Gasteiger partial charge in [-0.3, -0.25) is 4.79 Å². The zero-order chi connectivity index (χ0) is 18.3. The number of nitrogens with two attached hydrogens (primary N) is 1. The van der Waals surface area contributed by atoms with Gasteiger partial charge in [-0.2, -0.15) is 5.10 Å². The number of carbonyl (C=O) groups is 1. The number of fused-ring (bicyclic) bond motifs is 1. The molecule has 0 unspecified atom stereocenters. The fourth-order valence-electron chi connectivity index (χ4n) is 3.64. The van der Waals surface area contributed by atoms with Gasteiger partial charge in [0, 0.05) is 11.8 Å². The third-order valence-electron chi connectivity index (χ3n) is 5.02. The van der Waals surface area contributed by atoms with E-state index in [1.54, 1.807) is 4.52 Å². The van der Waals surface area contributed by atoms with Gasteiger partial charge in [-0.25, -0.2) is 8.91 Å². The number of carbonyl (C=O) groups excluding carboxylic acids is 1. The van der Waals surface area contributed by atoms with Crippen molar-refractivity contribution in [1.82, 2.24) is 9.61 Å². The number of rotatable bonds is 4. The third kappa shape index (κ3) is 2.92. The number of hydrogen-bond donors (Lipinski definition) is 2. The number of anilines is 1. The van der Waals surface area contributed by atoms with Gasteiger partial charge in [0.2, 0.25) is 0 Å². The molecule has 6 heteroatoms. The second kappa shape index (κ2) is 6.44. The molecule has 1 aromatic carbocycles. The standard InChI is InChI=1S/C20H21FN4O/c1-12-4-2-5-13(8-12)14-9-18-19(24-17-7-3-6-16(17)21)15(20(22)26)10-23-25(18)11-14/h2,4-5,8-11,16-17,24H,3,6-7H2,1H3,(H2,22,26)/t16-,17+/m0/s1. The Morgan fingerprint density at radius 2 is 2.15 bits per heavy atom. The highest BCUT2D eigenvalue weighted by atomic mass is 19.1. The molecule has 1 aliphatic carbocycles. The molecule has 134 valence electrons. The van der Waals surface area contributed by atoms with Crippen molar-refractivity contribution in [2.24, 2.45) is 5.73 Å². The minimum absolute atomic E-state index is 0.283. The molecule has 3 N–H and O–H groups in total. The second-order valence-electron chi connectivity index (χ2n) is 6.92. The largest absolute Gasteiger partial charge is 0.377 e. The van der Waals surface area contributed by atoms with Crippen LogP contribution in [0.1, 0.15) is 35.2 Å². The number of primary amides is 1. The minimum atomic E-state index is -0.921. The Hall–Kier alpha value is -2.89. The SMILES string of the molecule is Cc1cccc(-c2cc3c(N[C@@H]4CCC[C@@H]4F)c(C(N)=O)cnn3c2)c1. The van der Waals surface area contributed by atoms with Crippen LogP contribution in [-0.2, 0) is 0 Å². The smallest absolute Gasteiger partial charge is 0.252 e. The van der Waals surface area contributed by atoms with E-state index in [1.807, 2.05) is 37.4 Å². The van der Waals surface area contributed by atoms with E-state index in [9.17, 15) is 9.18 Å². The van der Waals surface area contributed by atoms with Gasteiger partial charge in [-0.1, -0.05) is 29.8 Å². The Kier molecular flexibility index (Phi) is 4.11. The molecule has 1 amide bonds. The first-order valence-corrected chi connectivity index (χ1v) is 8.82. The maximum absolute atomic E-state index is 14.1. The maximum atomic E-state index is 14.1. The van der Waals surface area contributed by atoms with Crippen LogP contribution in [0.3, 0.4) is 0 Å². The molecule has 26 heavy (non-hydrogen) atoms. The van der Waals surface area contributed by atoms with Gasteiger partial charge in [0.1, 0.15) is 6.17 Å². The van der Waals surface area contributed by atoms with Gasteiger partial charge >= 0.3 is 0 Å². The Morgan fingerprint density at radius 3 is 2.85 bits per heavy atom. The van der Waals surface area contributed by atoms with Crippen LogP contribution in [0.15, 0.2) is 42.7 Å². The summed E-state index contributed by atoms with van der Waals surface area (Å²) in [5.74, 6) is -0.575. The first kappa shape index (κ1) is 16.6. The molecule has 2 heterocycles. The Labute approximate surface area is 151 Å². The number of hydrogen-bond acceptors (Lipinski definition) is 3. The minimum Gasteiger partial charge on any atom is -0.377 e. The van der Waals surface area contributed by atoms with Crippen molar-refractivity contribution in [3.05, 3.63) is 53.9 Å². The summed E-state index contributed by atoms with van der Waals surface area (Å²) < 4.78 is 15.8. The predicted octanol–water partition coefficient (Wildman–Crippen LogP) is 3.71. The van der Waals surface area contributed by atoms with E-state index < -0.39 is 12.1 Å². The predicted molar refractivity (Wildman–Crippen MR) is 100 cm³/mol. The van der Waals surface area contributed by atoms with Crippen LogP contribution >= 0.6 is 0 Å². The number of nitrogens with zero attached hydrogens (tertiary/aromatic N) is 2. The lowest BCUT2D eigenvalue weighted by Gasteiger charge is -2.19. The second-order valence-corrected chi connectivity index (χ2v) is 6.92. The zero-order valence-corrected chi connectivity index (χ0v) is 14.6. The summed E-state index contributed by atoms with van der Waals surface area (Å²) in [6.45, 7) is 2.04. The third-order valence-corrected chi connectivity index (χ3v) is 5.02. The number of halogens is 1. The highest BCUT2D eigenvalue weighted by Gasteiger charge is 2.28. The first-order valence-electron chi connectivity index (χ1n) is 8.82. The van der Waals surface area contributed by atoms with Crippen molar-refractivity contribution in [2.45, 2.75) is 38.4 Å². The zero-order valence-electron chi connectivity index (χ0n) is 14.6. The number of aromatic nitrogens is 2. The van der Waals surface area contributed by atoms with Crippen molar-refractivity contribution in [1.29, 1.82) is 0 Å². The molecule has 0 aliphatic heterocycles. The number of alkyl halides is 1. The first-order chi connectivity index (χ1) is 12.5. The molecule has 2 aromatic heterocycles. The van der Waals surface area contributed by atoms with Gasteiger partial charge in [-0.15, -0.1) is 0 Å². The van der Waals surface area contributed by atoms with Crippen molar-refractivity contribution < 1.29 is 9.18 Å². The van der Waals surface area contributed by atoms with Crippen LogP contribution in [0, 0.1) is 6.92 Å². The Bertz CT molecular complexity index is 981. The van der Waals surface area contributed by atoms with E-state index in [1.165, 1.54) is 6.20 Å². The maximum Gasteiger partial charge on any atom is 0.252 e. The number of amides is 1. The van der Waals surface area contributed by atoms with Crippen LogP contribution in [0.4, 0.5) is 10.1 Å². The molecule has 5 nitrogen and oxygen atoms in total. The summed E-state index contributed by atoms with van der Waals surface area (Å²) in [7, 11) is 0. The van der Waals surface area contributed by atoms with Crippen molar-refractivity contribution in [2.75, 3.05) is 5.32 Å². The van der Waals surface area contributed by atoms with Crippen LogP contribution in [-0.4, -0.2) is 27.7 Å². The lowest BCUT2D eigenvalue weighted by molar-refractivity contribution is 0.100. The fraction of sp³-hybridized carbons (Fsp3) is 0.300. The molecule has 3 aromatic rings. The molecule has 1 fully saturated rings. The van der Waals surface area contributed by atoms with Crippen LogP contribution in [0.2, 0.25) is 0 Å². The van der Waals surface area contributed by atoms with Gasteiger partial charge in [0.25, 0.3) is 5.91 Å². The van der Waals surface area contributed by atoms with Crippen molar-refractivity contribution in [3.63, 3.8) is 0 Å². The average Bonchev–Trinajstić information content (AvgIpc) is 3.21. The lowest BCUT2D eigenvalue weighted by Crippen LogP contribution is -2.27. The molecule has 0 saturated heterocycles. The molecule has 2 atom stereocenters. The highest BCUT2D eigenvalue weighted by molar-refractivity contribution is 6.02. The van der Waals surface area contributed by atoms with E-state index in [0.29, 0.717) is 12.1 Å². The topological polar surface area (TPSA) is 72.4 Å². The molecule has 0 spiro atoms. The summed E-state index contributed by atoms with van der Waals surface area (Å²) in [5, 5.41) is 7.53. The molecule has 1 aliphatic rings. The fourth-order valence-corrected chi connectivity index (χ4v) is 3.64. The van der Waals surface area contributed by atoms with Crippen LogP contribution in [0.5, 0.6) is 0 Å². The molecule has 0 radical (unpaired) electrons. The van der Waals surface area contributed by atoms with E-state index in [-0.39, 0.29) is 11.6 Å². The average molecular weight is 352 g/mol. The van der Waals surface area contributed by atoms with Gasteiger partial charge < -0.3 is 11.1 Å². The molecular weight excluding hydrogens is 331 g/mol. The number of aryl methyl sites for hydroxylation is 1. The van der Waals surface area contributed by atoms with E-state index in [2.05, 4.69) is 16.5 Å². The molecule has 0 bridgehead atoms. The number of nitrogens with one attached hydrogen (secondary N) is 1. The summed E-state index contributed by atoms with van der Waals surface area (Å²) in [4.78, 5) is 11.9. The Balaban J connectivity index is 1.83. The quantitative estimate of drug-likeness (QED) is 0.752. The van der Waals surface area contributed by atoms with E-state index in [0.717, 1.165) is 35.0 Å². The normalized spacial score (nSPS) is 19.8. The summed E-state index contributed by atoms with van der Waals surface area (Å²) in [5.41, 5.74) is 10.3.